The summed E-state index contributed by atoms with van der Waals surface area (Å²) in [6.45, 7) is 2.74. The van der Waals surface area contributed by atoms with Crippen molar-refractivity contribution in [3.63, 3.8) is 0 Å². The Morgan fingerprint density at radius 3 is 3.00 bits per heavy atom. The number of likely N-dealkylation sites (N-methyl/N-ethyl adjacent to an activating group) is 1. The molecule has 0 saturated carbocycles. The van der Waals surface area contributed by atoms with Crippen LogP contribution in [0.3, 0.4) is 0 Å². The molecule has 2 heterocycles. The fourth-order valence-corrected chi connectivity index (χ4v) is 1.59. The smallest absolute Gasteiger partial charge is 0.326 e. The minimum absolute atomic E-state index is 0.512. The SMILES string of the molecule is CC(C(=O)O)N(C)c1ccc2c(n1)COC2. The van der Waals surface area contributed by atoms with Crippen molar-refractivity contribution in [3.8, 4) is 0 Å². The van der Waals surface area contributed by atoms with Gasteiger partial charge in [0, 0.05) is 12.6 Å². The molecule has 0 aliphatic carbocycles. The largest absolute Gasteiger partial charge is 0.480 e. The maximum absolute atomic E-state index is 10.9. The predicted molar refractivity (Wildman–Crippen MR) is 58.2 cm³/mol. The van der Waals surface area contributed by atoms with Crippen molar-refractivity contribution in [1.82, 2.24) is 4.98 Å². The maximum Gasteiger partial charge on any atom is 0.326 e. The lowest BCUT2D eigenvalue weighted by Crippen LogP contribution is -2.36. The average Bonchev–Trinajstić information content (AvgIpc) is 2.73. The Bertz CT molecular complexity index is 420. The van der Waals surface area contributed by atoms with Crippen LogP contribution in [0.2, 0.25) is 0 Å². The number of aromatic nitrogens is 1. The van der Waals surface area contributed by atoms with E-state index in [1.165, 1.54) is 0 Å². The van der Waals surface area contributed by atoms with Crippen LogP contribution in [-0.2, 0) is 22.7 Å². The summed E-state index contributed by atoms with van der Waals surface area (Å²) in [4.78, 5) is 16.9. The standard InChI is InChI=1S/C11H14N2O3/c1-7(11(14)15)13(2)10-4-3-8-5-16-6-9(8)12-10/h3-4,7H,5-6H2,1-2H3,(H,14,15). The lowest BCUT2D eigenvalue weighted by molar-refractivity contribution is -0.138. The minimum Gasteiger partial charge on any atom is -0.480 e. The van der Waals surface area contributed by atoms with Gasteiger partial charge in [-0.25, -0.2) is 9.78 Å². The van der Waals surface area contributed by atoms with Gasteiger partial charge < -0.3 is 14.7 Å². The van der Waals surface area contributed by atoms with Gasteiger partial charge in [-0.3, -0.25) is 0 Å². The number of hydrogen-bond donors (Lipinski definition) is 1. The number of ether oxygens (including phenoxy) is 1. The molecular formula is C11H14N2O3. The van der Waals surface area contributed by atoms with Crippen molar-refractivity contribution >= 4 is 11.8 Å². The highest BCUT2D eigenvalue weighted by Gasteiger charge is 2.20. The fraction of sp³-hybridized carbons (Fsp3) is 0.455. The molecule has 16 heavy (non-hydrogen) atoms. The van der Waals surface area contributed by atoms with E-state index in [-0.39, 0.29) is 0 Å². The van der Waals surface area contributed by atoms with Crippen LogP contribution in [0.4, 0.5) is 5.82 Å². The zero-order valence-corrected chi connectivity index (χ0v) is 9.30. The molecule has 1 N–H and O–H groups in total. The Hall–Kier alpha value is -1.62. The molecular weight excluding hydrogens is 208 g/mol. The number of carboxylic acids is 1. The van der Waals surface area contributed by atoms with Crippen LogP contribution < -0.4 is 4.90 Å². The van der Waals surface area contributed by atoms with E-state index in [4.69, 9.17) is 9.84 Å². The van der Waals surface area contributed by atoms with Gasteiger partial charge >= 0.3 is 5.97 Å². The second kappa shape index (κ2) is 4.09. The number of rotatable bonds is 3. The second-order valence-corrected chi connectivity index (χ2v) is 3.89. The highest BCUT2D eigenvalue weighted by Crippen LogP contribution is 2.21. The van der Waals surface area contributed by atoms with Crippen LogP contribution in [0.1, 0.15) is 18.2 Å². The number of fused-ring (bicyclic) bond motifs is 1. The topological polar surface area (TPSA) is 62.7 Å². The van der Waals surface area contributed by atoms with E-state index in [0.29, 0.717) is 19.0 Å². The van der Waals surface area contributed by atoms with Crippen LogP contribution in [0, 0.1) is 0 Å². The molecule has 0 aromatic carbocycles. The number of nitrogens with zero attached hydrogens (tertiary/aromatic N) is 2. The van der Waals surface area contributed by atoms with Crippen LogP contribution in [0.5, 0.6) is 0 Å². The number of carboxylic acid groups (broad SMARTS) is 1. The van der Waals surface area contributed by atoms with E-state index >= 15 is 0 Å². The molecule has 0 fully saturated rings. The third-order valence-corrected chi connectivity index (χ3v) is 2.85. The van der Waals surface area contributed by atoms with Crippen molar-refractivity contribution in [1.29, 1.82) is 0 Å². The first-order valence-corrected chi connectivity index (χ1v) is 5.12. The summed E-state index contributed by atoms with van der Waals surface area (Å²) in [7, 11) is 1.73. The van der Waals surface area contributed by atoms with E-state index in [0.717, 1.165) is 11.3 Å². The minimum atomic E-state index is -0.860. The fourth-order valence-electron chi connectivity index (χ4n) is 1.59. The molecule has 0 spiro atoms. The third-order valence-electron chi connectivity index (χ3n) is 2.85. The van der Waals surface area contributed by atoms with E-state index in [1.54, 1.807) is 18.9 Å². The Balaban J connectivity index is 2.24. The van der Waals surface area contributed by atoms with E-state index in [9.17, 15) is 4.79 Å². The Labute approximate surface area is 93.7 Å². The highest BCUT2D eigenvalue weighted by molar-refractivity contribution is 5.76. The molecule has 0 radical (unpaired) electrons. The third kappa shape index (κ3) is 1.86. The summed E-state index contributed by atoms with van der Waals surface area (Å²) in [5.41, 5.74) is 1.99. The molecule has 0 amide bonds. The average molecular weight is 222 g/mol. The first kappa shape index (κ1) is 10.9. The molecule has 1 aromatic heterocycles. The zero-order chi connectivity index (χ0) is 11.7. The van der Waals surface area contributed by atoms with Crippen molar-refractivity contribution in [2.75, 3.05) is 11.9 Å². The lowest BCUT2D eigenvalue weighted by atomic mass is 10.2. The molecule has 2 rings (SSSR count). The van der Waals surface area contributed by atoms with Gasteiger partial charge in [-0.15, -0.1) is 0 Å². The van der Waals surface area contributed by atoms with Gasteiger partial charge in [0.2, 0.25) is 0 Å². The highest BCUT2D eigenvalue weighted by atomic mass is 16.5. The summed E-state index contributed by atoms with van der Waals surface area (Å²) < 4.78 is 5.26. The molecule has 1 unspecified atom stereocenters. The molecule has 0 bridgehead atoms. The summed E-state index contributed by atoms with van der Waals surface area (Å²) in [5.74, 6) is -0.194. The van der Waals surface area contributed by atoms with Crippen molar-refractivity contribution in [2.24, 2.45) is 0 Å². The first-order chi connectivity index (χ1) is 7.59. The Morgan fingerprint density at radius 1 is 1.56 bits per heavy atom. The molecule has 1 aromatic rings. The number of pyridine rings is 1. The summed E-state index contributed by atoms with van der Waals surface area (Å²) in [5, 5.41) is 8.91. The van der Waals surface area contributed by atoms with Gasteiger partial charge in [-0.1, -0.05) is 6.07 Å². The molecule has 1 atom stereocenters. The van der Waals surface area contributed by atoms with Gasteiger partial charge in [0.25, 0.3) is 0 Å². The van der Waals surface area contributed by atoms with Crippen molar-refractivity contribution in [2.45, 2.75) is 26.2 Å². The number of anilines is 1. The number of hydrogen-bond acceptors (Lipinski definition) is 4. The summed E-state index contributed by atoms with van der Waals surface area (Å²) >= 11 is 0. The monoisotopic (exact) mass is 222 g/mol. The molecule has 5 nitrogen and oxygen atoms in total. The predicted octanol–water partition coefficient (Wildman–Crippen LogP) is 1.02. The van der Waals surface area contributed by atoms with Gasteiger partial charge in [-0.05, 0) is 13.0 Å². The van der Waals surface area contributed by atoms with Gasteiger partial charge in [0.1, 0.15) is 11.9 Å². The normalized spacial score (nSPS) is 15.6. The van der Waals surface area contributed by atoms with Gasteiger partial charge in [0.15, 0.2) is 0 Å². The van der Waals surface area contributed by atoms with Gasteiger partial charge in [0.05, 0.1) is 18.9 Å². The molecule has 1 aliphatic rings. The number of aliphatic carboxylic acids is 1. The van der Waals surface area contributed by atoms with E-state index < -0.39 is 12.0 Å². The van der Waals surface area contributed by atoms with Crippen molar-refractivity contribution < 1.29 is 14.6 Å². The summed E-state index contributed by atoms with van der Waals surface area (Å²) in [6.07, 6.45) is 0. The van der Waals surface area contributed by atoms with Crippen LogP contribution in [0.25, 0.3) is 0 Å². The number of carbonyl (C=O) groups is 1. The molecule has 5 heteroatoms. The zero-order valence-electron chi connectivity index (χ0n) is 9.30. The summed E-state index contributed by atoms with van der Waals surface area (Å²) in [6, 6.07) is 3.18. The molecule has 1 aliphatic heterocycles. The van der Waals surface area contributed by atoms with E-state index in [2.05, 4.69) is 4.98 Å². The Morgan fingerprint density at radius 2 is 2.31 bits per heavy atom. The van der Waals surface area contributed by atoms with E-state index in [1.807, 2.05) is 12.1 Å². The molecule has 0 saturated heterocycles. The quantitative estimate of drug-likeness (QED) is 0.827. The molecule has 86 valence electrons. The lowest BCUT2D eigenvalue weighted by Gasteiger charge is -2.22. The van der Waals surface area contributed by atoms with Crippen molar-refractivity contribution in [3.05, 3.63) is 23.4 Å². The van der Waals surface area contributed by atoms with Crippen LogP contribution >= 0.6 is 0 Å². The van der Waals surface area contributed by atoms with Crippen LogP contribution in [-0.4, -0.2) is 29.1 Å². The maximum atomic E-state index is 10.9. The Kier molecular flexibility index (Phi) is 2.78. The van der Waals surface area contributed by atoms with Crippen LogP contribution in [0.15, 0.2) is 12.1 Å². The first-order valence-electron chi connectivity index (χ1n) is 5.12. The second-order valence-electron chi connectivity index (χ2n) is 3.89. The van der Waals surface area contributed by atoms with Gasteiger partial charge in [-0.2, -0.15) is 0 Å².